The summed E-state index contributed by atoms with van der Waals surface area (Å²) in [5, 5.41) is 21.4. The number of rotatable bonds is 13. The van der Waals surface area contributed by atoms with Crippen molar-refractivity contribution in [3.8, 4) is 28.8 Å². The van der Waals surface area contributed by atoms with Gasteiger partial charge in [0.05, 0.1) is 22.6 Å². The van der Waals surface area contributed by atoms with Crippen molar-refractivity contribution in [3.05, 3.63) is 102 Å². The minimum absolute atomic E-state index is 0.0320. The molecule has 3 aliphatic rings. The van der Waals surface area contributed by atoms with E-state index in [1.165, 1.54) is 6.33 Å². The molecule has 0 spiro atoms. The number of para-hydroxylation sites is 1. The van der Waals surface area contributed by atoms with Crippen molar-refractivity contribution in [2.45, 2.75) is 63.6 Å². The maximum atomic E-state index is 14.1. The normalized spacial score (nSPS) is 18.1. The van der Waals surface area contributed by atoms with Crippen molar-refractivity contribution in [1.82, 2.24) is 39.8 Å². The third kappa shape index (κ3) is 8.45. The first-order chi connectivity index (χ1) is 30.3. The van der Waals surface area contributed by atoms with E-state index in [9.17, 15) is 29.2 Å². The van der Waals surface area contributed by atoms with Gasteiger partial charge >= 0.3 is 0 Å². The molecule has 2 unspecified atom stereocenters. The van der Waals surface area contributed by atoms with Gasteiger partial charge in [0.25, 0.3) is 17.7 Å². The lowest BCUT2D eigenvalue weighted by molar-refractivity contribution is -0.136. The Kier molecular flexibility index (Phi) is 11.7. The summed E-state index contributed by atoms with van der Waals surface area (Å²) < 4.78 is 7.81. The average molecular weight is 850 g/mol. The number of imide groups is 2. The zero-order valence-electron chi connectivity index (χ0n) is 35.2. The van der Waals surface area contributed by atoms with Crippen LogP contribution in [0.15, 0.2) is 90.8 Å². The lowest BCUT2D eigenvalue weighted by Crippen LogP contribution is -2.54. The number of likely N-dealkylation sites (tertiary alicyclic amines) is 1. The molecular weight excluding hydrogens is 803 g/mol. The molecule has 4 N–H and O–H groups in total. The lowest BCUT2D eigenvalue weighted by atomic mass is 9.97. The molecule has 2 fully saturated rings. The van der Waals surface area contributed by atoms with E-state index in [1.807, 2.05) is 85.1 Å². The molecule has 5 heterocycles. The topological polar surface area (TPSA) is 222 Å². The third-order valence-corrected chi connectivity index (χ3v) is 11.9. The van der Waals surface area contributed by atoms with Crippen molar-refractivity contribution in [1.29, 1.82) is 5.26 Å². The highest BCUT2D eigenvalue weighted by Gasteiger charge is 2.45. The Balaban J connectivity index is 0.908. The highest BCUT2D eigenvalue weighted by molar-refractivity contribution is 6.25. The van der Waals surface area contributed by atoms with Gasteiger partial charge in [-0.25, -0.2) is 14.6 Å². The zero-order chi connectivity index (χ0) is 44.4. The summed E-state index contributed by atoms with van der Waals surface area (Å²) in [6.07, 6.45) is 5.25. The summed E-state index contributed by atoms with van der Waals surface area (Å²) >= 11 is 0. The summed E-state index contributed by atoms with van der Waals surface area (Å²) in [7, 11) is 1.91. The van der Waals surface area contributed by atoms with Gasteiger partial charge in [0.15, 0.2) is 5.65 Å². The van der Waals surface area contributed by atoms with Crippen LogP contribution >= 0.6 is 0 Å². The van der Waals surface area contributed by atoms with Crippen LogP contribution in [0, 0.1) is 11.3 Å². The van der Waals surface area contributed by atoms with Gasteiger partial charge in [0.2, 0.25) is 11.8 Å². The second kappa shape index (κ2) is 17.5. The first kappa shape index (κ1) is 42.2. The van der Waals surface area contributed by atoms with E-state index >= 15 is 0 Å². The molecule has 2 atom stereocenters. The Hall–Kier alpha value is -7.45. The van der Waals surface area contributed by atoms with Crippen molar-refractivity contribution in [2.75, 3.05) is 44.3 Å². The zero-order valence-corrected chi connectivity index (χ0v) is 35.2. The maximum absolute atomic E-state index is 14.1. The van der Waals surface area contributed by atoms with Crippen LogP contribution in [0.5, 0.6) is 11.5 Å². The summed E-state index contributed by atoms with van der Waals surface area (Å²) in [6, 6.07) is 22.9. The summed E-state index contributed by atoms with van der Waals surface area (Å²) in [4.78, 5) is 78.5. The first-order valence-corrected chi connectivity index (χ1v) is 20.9. The number of carbonyl (C=O) groups is 5. The summed E-state index contributed by atoms with van der Waals surface area (Å²) in [6.45, 7) is 5.65. The van der Waals surface area contributed by atoms with E-state index < -0.39 is 35.2 Å². The fourth-order valence-corrected chi connectivity index (χ4v) is 8.36. The molecule has 17 heteroatoms. The molecule has 0 aliphatic carbocycles. The number of aromatic nitrogens is 4. The van der Waals surface area contributed by atoms with Crippen molar-refractivity contribution >= 4 is 52.1 Å². The van der Waals surface area contributed by atoms with Crippen LogP contribution in [0.3, 0.4) is 0 Å². The molecular formula is C46H47N11O6. The van der Waals surface area contributed by atoms with Crippen molar-refractivity contribution < 1.29 is 28.7 Å². The van der Waals surface area contributed by atoms with E-state index in [0.717, 1.165) is 22.6 Å². The van der Waals surface area contributed by atoms with Gasteiger partial charge < -0.3 is 20.7 Å². The fourth-order valence-electron chi connectivity index (χ4n) is 8.36. The number of nitriles is 1. The number of likely N-dealkylation sites (N-methyl/N-ethyl adjacent to an activating group) is 1. The van der Waals surface area contributed by atoms with E-state index in [2.05, 4.69) is 26.7 Å². The van der Waals surface area contributed by atoms with E-state index in [4.69, 9.17) is 15.6 Å². The quantitative estimate of drug-likeness (QED) is 0.0609. The fraction of sp³-hybridized carbons (Fsp3) is 0.326. The molecule has 5 aromatic rings. The van der Waals surface area contributed by atoms with Gasteiger partial charge in [0.1, 0.15) is 47.0 Å². The van der Waals surface area contributed by atoms with Crippen LogP contribution < -0.4 is 21.1 Å². The first-order valence-electron chi connectivity index (χ1n) is 20.9. The van der Waals surface area contributed by atoms with Crippen molar-refractivity contribution in [2.24, 2.45) is 0 Å². The molecule has 63 heavy (non-hydrogen) atoms. The number of amides is 5. The number of nitrogens with one attached hydrogen (secondary N) is 2. The van der Waals surface area contributed by atoms with Crippen LogP contribution in [-0.4, -0.2) is 109 Å². The largest absolute Gasteiger partial charge is 0.457 e. The summed E-state index contributed by atoms with van der Waals surface area (Å²) in [5.74, 6) is -0.933. The Morgan fingerprint density at radius 3 is 2.52 bits per heavy atom. The van der Waals surface area contributed by atoms with Crippen LogP contribution in [0.25, 0.3) is 22.3 Å². The monoisotopic (exact) mass is 849 g/mol. The lowest BCUT2D eigenvalue weighted by Gasteiger charge is -2.35. The van der Waals surface area contributed by atoms with Crippen LogP contribution in [-0.2, 0) is 14.4 Å². The van der Waals surface area contributed by atoms with Gasteiger partial charge in [-0.05, 0) is 101 Å². The number of hydrogen-bond acceptors (Lipinski definition) is 13. The minimum atomic E-state index is -1.05. The third-order valence-electron chi connectivity index (χ3n) is 11.9. The Morgan fingerprint density at radius 2 is 1.78 bits per heavy atom. The number of nitrogens with two attached hydrogens (primary N) is 1. The number of benzene rings is 3. The van der Waals surface area contributed by atoms with Gasteiger partial charge in [0, 0.05) is 49.4 Å². The predicted octanol–water partition coefficient (Wildman–Crippen LogP) is 5.10. The SMILES string of the molecule is CN(CCCNc1cccc2c1C(=O)N(C1CCC(=O)NC1=O)C2=O)C(C)(C)C=C(C#N)C(=O)N1CCCC(n2nc(-c3ccc(Oc4ccccc4)cc3)c3c(N)ncnc32)C1. The van der Waals surface area contributed by atoms with Crippen LogP contribution in [0.4, 0.5) is 11.5 Å². The Labute approximate surface area is 363 Å². The average Bonchev–Trinajstić information content (AvgIpc) is 3.80. The standard InChI is InChI=1S/C46H47N11O6/c1-46(2,54(3)22-9-21-49-34-14-7-13-33-37(34)45(62)56(44(33)61)35-19-20-36(58)52-42(35)59)24-29(25-47)43(60)55-23-8-10-30(26-55)57-41-38(40(48)50-27-51-41)39(53-57)28-15-17-32(18-16-28)63-31-11-5-4-6-12-31/h4-7,11-18,24,27,30,35,49H,8-10,19-23,26H2,1-3H3,(H2,48,50,51)(H,52,58,59). The van der Waals surface area contributed by atoms with E-state index in [0.29, 0.717) is 73.0 Å². The van der Waals surface area contributed by atoms with Gasteiger partial charge in [-0.3, -0.25) is 39.1 Å². The smallest absolute Gasteiger partial charge is 0.264 e. The number of fused-ring (bicyclic) bond motifs is 2. The van der Waals surface area contributed by atoms with Gasteiger partial charge in [-0.1, -0.05) is 24.3 Å². The second-order valence-corrected chi connectivity index (χ2v) is 16.4. The van der Waals surface area contributed by atoms with Gasteiger partial charge in [-0.2, -0.15) is 10.4 Å². The number of anilines is 2. The predicted molar refractivity (Wildman–Crippen MR) is 233 cm³/mol. The second-order valence-electron chi connectivity index (χ2n) is 16.4. The molecule has 2 saturated heterocycles. The Morgan fingerprint density at radius 1 is 1.02 bits per heavy atom. The van der Waals surface area contributed by atoms with Crippen LogP contribution in [0.2, 0.25) is 0 Å². The summed E-state index contributed by atoms with van der Waals surface area (Å²) in [5.41, 5.74) is 8.60. The highest BCUT2D eigenvalue weighted by atomic mass is 16.5. The molecule has 0 bridgehead atoms. The molecule has 3 aromatic carbocycles. The van der Waals surface area contributed by atoms with Gasteiger partial charge in [-0.15, -0.1) is 0 Å². The number of hydrogen-bond donors (Lipinski definition) is 3. The van der Waals surface area contributed by atoms with E-state index in [-0.39, 0.29) is 41.5 Å². The molecule has 2 aromatic heterocycles. The number of carbonyl (C=O) groups excluding carboxylic acids is 5. The minimum Gasteiger partial charge on any atom is -0.457 e. The number of piperidine rings is 2. The molecule has 5 amide bonds. The maximum Gasteiger partial charge on any atom is 0.264 e. The number of nitrogens with zero attached hydrogens (tertiary/aromatic N) is 8. The number of ether oxygens (including phenoxy) is 1. The highest BCUT2D eigenvalue weighted by Crippen LogP contribution is 2.36. The molecule has 322 valence electrons. The van der Waals surface area contributed by atoms with E-state index in [1.54, 1.807) is 29.2 Å². The molecule has 3 aliphatic heterocycles. The number of nitrogen functional groups attached to an aromatic ring is 1. The molecule has 8 rings (SSSR count). The van der Waals surface area contributed by atoms with Crippen molar-refractivity contribution in [3.63, 3.8) is 0 Å². The van der Waals surface area contributed by atoms with Crippen LogP contribution in [0.1, 0.15) is 72.7 Å². The Bertz CT molecular complexity index is 2690. The molecule has 0 saturated carbocycles. The molecule has 17 nitrogen and oxygen atoms in total. The molecule has 0 radical (unpaired) electrons.